The molecule has 0 saturated carbocycles. The molecule has 0 amide bonds. The second-order valence-electron chi connectivity index (χ2n) is 6.45. The molecule has 0 aliphatic carbocycles. The third-order valence-corrected chi connectivity index (χ3v) is 4.84. The Bertz CT molecular complexity index is 1290. The number of nitrogens with one attached hydrogen (secondary N) is 1. The number of hydrogen-bond donors (Lipinski definition) is 1. The zero-order chi connectivity index (χ0) is 20.5. The van der Waals surface area contributed by atoms with E-state index in [1.165, 1.54) is 17.1 Å². The van der Waals surface area contributed by atoms with Crippen LogP contribution in [0.3, 0.4) is 0 Å². The number of esters is 1. The van der Waals surface area contributed by atoms with Crippen molar-refractivity contribution in [2.45, 2.75) is 13.8 Å². The van der Waals surface area contributed by atoms with Crippen molar-refractivity contribution >= 4 is 28.5 Å². The third kappa shape index (κ3) is 3.52. The fraction of sp³-hybridized carbons (Fsp3) is 0.143. The van der Waals surface area contributed by atoms with Crippen LogP contribution in [0, 0.1) is 6.92 Å². The van der Waals surface area contributed by atoms with Crippen LogP contribution in [-0.2, 0) is 4.74 Å². The topological polar surface area (TPSA) is 89.9 Å². The van der Waals surface area contributed by atoms with Crippen molar-refractivity contribution in [1.82, 2.24) is 19.7 Å². The van der Waals surface area contributed by atoms with Crippen LogP contribution in [-0.4, -0.2) is 32.3 Å². The molecule has 146 valence electrons. The Balaban J connectivity index is 1.81. The summed E-state index contributed by atoms with van der Waals surface area (Å²) in [6.45, 7) is 3.97. The molecule has 0 saturated heterocycles. The van der Waals surface area contributed by atoms with Gasteiger partial charge in [-0.05, 0) is 37.1 Å². The molecule has 1 N–H and O–H groups in total. The van der Waals surface area contributed by atoms with E-state index >= 15 is 0 Å². The van der Waals surface area contributed by atoms with Gasteiger partial charge in [-0.1, -0.05) is 35.9 Å². The van der Waals surface area contributed by atoms with Gasteiger partial charge in [0.2, 0.25) is 5.95 Å². The van der Waals surface area contributed by atoms with Gasteiger partial charge in [0.25, 0.3) is 5.56 Å². The monoisotopic (exact) mass is 408 g/mol. The molecule has 8 heteroatoms. The summed E-state index contributed by atoms with van der Waals surface area (Å²) in [6, 6.07) is 11.2. The zero-order valence-electron chi connectivity index (χ0n) is 15.8. The molecule has 0 radical (unpaired) electrons. The molecule has 2 aromatic carbocycles. The summed E-state index contributed by atoms with van der Waals surface area (Å²) in [5, 5.41) is 4.99. The largest absolute Gasteiger partial charge is 0.462 e. The molecule has 0 fully saturated rings. The number of halogens is 1. The summed E-state index contributed by atoms with van der Waals surface area (Å²) in [5.41, 5.74) is 3.14. The van der Waals surface area contributed by atoms with Crippen LogP contribution in [0.15, 0.2) is 53.6 Å². The highest BCUT2D eigenvalue weighted by Gasteiger charge is 2.15. The number of H-pyrrole nitrogens is 1. The quantitative estimate of drug-likeness (QED) is 0.517. The average Bonchev–Trinajstić information content (AvgIpc) is 3.19. The molecule has 29 heavy (non-hydrogen) atoms. The molecular formula is C21H17ClN4O3. The molecule has 7 nitrogen and oxygen atoms in total. The smallest absolute Gasteiger partial charge is 0.341 e. The van der Waals surface area contributed by atoms with Gasteiger partial charge in [-0.15, -0.1) is 0 Å². The van der Waals surface area contributed by atoms with Crippen molar-refractivity contribution in [2.24, 2.45) is 0 Å². The number of aromatic amines is 1. The summed E-state index contributed by atoms with van der Waals surface area (Å²) in [5.74, 6) is -0.314. The Morgan fingerprint density at radius 3 is 2.79 bits per heavy atom. The Kier molecular flexibility index (Phi) is 4.90. The molecule has 2 aromatic heterocycles. The van der Waals surface area contributed by atoms with Gasteiger partial charge in [0.05, 0.1) is 34.3 Å². The van der Waals surface area contributed by atoms with E-state index in [0.29, 0.717) is 15.9 Å². The van der Waals surface area contributed by atoms with Gasteiger partial charge < -0.3 is 4.74 Å². The molecular weight excluding hydrogens is 392 g/mol. The van der Waals surface area contributed by atoms with Crippen LogP contribution in [0.5, 0.6) is 0 Å². The zero-order valence-corrected chi connectivity index (χ0v) is 16.5. The lowest BCUT2D eigenvalue weighted by Crippen LogP contribution is -2.14. The van der Waals surface area contributed by atoms with Crippen LogP contribution in [0.4, 0.5) is 0 Å². The molecule has 0 aliphatic rings. The number of aryl methyl sites for hydroxylation is 1. The third-order valence-electron chi connectivity index (χ3n) is 4.53. The van der Waals surface area contributed by atoms with Crippen molar-refractivity contribution in [3.63, 3.8) is 0 Å². The maximum absolute atomic E-state index is 12.7. The number of ether oxygens (including phenoxy) is 1. The summed E-state index contributed by atoms with van der Waals surface area (Å²) in [7, 11) is 0. The van der Waals surface area contributed by atoms with Gasteiger partial charge in [-0.2, -0.15) is 5.10 Å². The van der Waals surface area contributed by atoms with Gasteiger partial charge in [-0.25, -0.2) is 14.5 Å². The summed E-state index contributed by atoms with van der Waals surface area (Å²) in [4.78, 5) is 31.7. The van der Waals surface area contributed by atoms with E-state index in [1.807, 2.05) is 31.2 Å². The standard InChI is InChI=1S/C21H17ClN4O3/c1-3-29-20(28)13-10-23-26(11-13)21-24-18-9-17(22)15(8-16(18)19(27)25-21)14-7-5-4-6-12(14)2/h4-11H,3H2,1-2H3,(H,24,25,27). The molecule has 0 unspecified atom stereocenters. The minimum atomic E-state index is -0.493. The van der Waals surface area contributed by atoms with E-state index in [-0.39, 0.29) is 23.7 Å². The number of rotatable bonds is 4. The maximum atomic E-state index is 12.7. The summed E-state index contributed by atoms with van der Waals surface area (Å²) in [6.07, 6.45) is 2.81. The number of nitrogens with zero attached hydrogens (tertiary/aromatic N) is 3. The summed E-state index contributed by atoms with van der Waals surface area (Å²) >= 11 is 6.50. The first-order valence-corrected chi connectivity index (χ1v) is 9.37. The second kappa shape index (κ2) is 7.52. The molecule has 4 aromatic rings. The lowest BCUT2D eigenvalue weighted by atomic mass is 9.99. The number of hydrogen-bond acceptors (Lipinski definition) is 5. The van der Waals surface area contributed by atoms with E-state index in [4.69, 9.17) is 16.3 Å². The number of aromatic nitrogens is 4. The van der Waals surface area contributed by atoms with Gasteiger partial charge in [0.1, 0.15) is 0 Å². The molecule has 0 bridgehead atoms. The first-order valence-electron chi connectivity index (χ1n) is 8.99. The molecule has 0 aliphatic heterocycles. The van der Waals surface area contributed by atoms with E-state index in [0.717, 1.165) is 16.7 Å². The normalized spacial score (nSPS) is 11.0. The number of fused-ring (bicyclic) bond motifs is 1. The Labute approximate surface area is 170 Å². The van der Waals surface area contributed by atoms with Crippen LogP contribution in [0.1, 0.15) is 22.8 Å². The van der Waals surface area contributed by atoms with E-state index in [1.54, 1.807) is 19.1 Å². The van der Waals surface area contributed by atoms with E-state index in [2.05, 4.69) is 15.1 Å². The van der Waals surface area contributed by atoms with Gasteiger partial charge in [0.15, 0.2) is 0 Å². The molecule has 0 atom stereocenters. The van der Waals surface area contributed by atoms with E-state index in [9.17, 15) is 9.59 Å². The van der Waals surface area contributed by atoms with Crippen molar-refractivity contribution < 1.29 is 9.53 Å². The lowest BCUT2D eigenvalue weighted by Gasteiger charge is -2.10. The van der Waals surface area contributed by atoms with Crippen LogP contribution in [0.25, 0.3) is 28.0 Å². The fourth-order valence-corrected chi connectivity index (χ4v) is 3.36. The first-order chi connectivity index (χ1) is 14.0. The van der Waals surface area contributed by atoms with Crippen molar-refractivity contribution in [1.29, 1.82) is 0 Å². The minimum absolute atomic E-state index is 0.178. The first kappa shape index (κ1) is 18.9. The molecule has 4 rings (SSSR count). The Morgan fingerprint density at radius 1 is 1.24 bits per heavy atom. The van der Waals surface area contributed by atoms with Crippen molar-refractivity contribution in [3.05, 3.63) is 75.3 Å². The Hall–Kier alpha value is -3.45. The van der Waals surface area contributed by atoms with E-state index < -0.39 is 5.97 Å². The van der Waals surface area contributed by atoms with Gasteiger partial charge >= 0.3 is 5.97 Å². The highest BCUT2D eigenvalue weighted by Crippen LogP contribution is 2.32. The van der Waals surface area contributed by atoms with Crippen LogP contribution >= 0.6 is 11.6 Å². The predicted octanol–water partition coefficient (Wildman–Crippen LogP) is 3.91. The van der Waals surface area contributed by atoms with Crippen molar-refractivity contribution in [3.8, 4) is 17.1 Å². The molecule has 2 heterocycles. The maximum Gasteiger partial charge on any atom is 0.341 e. The SMILES string of the molecule is CCOC(=O)c1cnn(-c2nc3cc(Cl)c(-c4ccccc4C)cc3c(=O)[nH]2)c1. The number of carbonyl (C=O) groups is 1. The minimum Gasteiger partial charge on any atom is -0.462 e. The highest BCUT2D eigenvalue weighted by molar-refractivity contribution is 6.34. The highest BCUT2D eigenvalue weighted by atomic mass is 35.5. The fourth-order valence-electron chi connectivity index (χ4n) is 3.10. The van der Waals surface area contributed by atoms with Crippen LogP contribution < -0.4 is 5.56 Å². The summed E-state index contributed by atoms with van der Waals surface area (Å²) < 4.78 is 6.27. The molecule has 0 spiro atoms. The number of benzene rings is 2. The second-order valence-corrected chi connectivity index (χ2v) is 6.85. The average molecular weight is 409 g/mol. The lowest BCUT2D eigenvalue weighted by molar-refractivity contribution is 0.0526. The van der Waals surface area contributed by atoms with Gasteiger partial charge in [0, 0.05) is 11.8 Å². The van der Waals surface area contributed by atoms with Crippen LogP contribution in [0.2, 0.25) is 5.02 Å². The Morgan fingerprint density at radius 2 is 2.03 bits per heavy atom. The predicted molar refractivity (Wildman–Crippen MR) is 111 cm³/mol. The van der Waals surface area contributed by atoms with Gasteiger partial charge in [-0.3, -0.25) is 9.78 Å². The number of carbonyl (C=O) groups excluding carboxylic acids is 1. The van der Waals surface area contributed by atoms with Crippen molar-refractivity contribution in [2.75, 3.05) is 6.61 Å².